The Kier molecular flexibility index (Phi) is 5.80. The molecule has 0 atom stereocenters. The molecule has 0 aliphatic heterocycles. The summed E-state index contributed by atoms with van der Waals surface area (Å²) in [6, 6.07) is 0. The van der Waals surface area contributed by atoms with Crippen molar-refractivity contribution in [2.24, 2.45) is 16.6 Å². The number of nitrogens with two attached hydrogens (primary N) is 1. The maximum Gasteiger partial charge on any atom is 0.110 e. The molecule has 0 aromatic rings. The first kappa shape index (κ1) is 16.1. The molecule has 0 saturated heterocycles. The molecule has 0 rings (SSSR count). The lowest BCUT2D eigenvalue weighted by Crippen LogP contribution is -2.17. The van der Waals surface area contributed by atoms with Crippen molar-refractivity contribution in [3.63, 3.8) is 0 Å². The highest BCUT2D eigenvalue weighted by Gasteiger charge is 2.15. The summed E-state index contributed by atoms with van der Waals surface area (Å²) in [5.74, 6) is 0.993. The third-order valence-corrected chi connectivity index (χ3v) is 2.65. The van der Waals surface area contributed by atoms with Crippen molar-refractivity contribution in [1.82, 2.24) is 0 Å². The van der Waals surface area contributed by atoms with Crippen LogP contribution in [0, 0.1) is 10.8 Å². The van der Waals surface area contributed by atoms with Gasteiger partial charge in [0.15, 0.2) is 0 Å². The molecule has 100 valence electrons. The van der Waals surface area contributed by atoms with E-state index in [-0.39, 0.29) is 5.41 Å². The van der Waals surface area contributed by atoms with Gasteiger partial charge in [0.1, 0.15) is 6.26 Å². The van der Waals surface area contributed by atoms with Gasteiger partial charge in [0.05, 0.1) is 5.76 Å². The summed E-state index contributed by atoms with van der Waals surface area (Å²) >= 11 is 0. The second-order valence-corrected chi connectivity index (χ2v) is 6.76. The van der Waals surface area contributed by atoms with Gasteiger partial charge in [-0.3, -0.25) is 0 Å². The van der Waals surface area contributed by atoms with Crippen molar-refractivity contribution in [1.29, 1.82) is 0 Å². The summed E-state index contributed by atoms with van der Waals surface area (Å²) in [7, 11) is 0. The van der Waals surface area contributed by atoms with E-state index in [4.69, 9.17) is 10.5 Å². The van der Waals surface area contributed by atoms with Crippen LogP contribution in [-0.2, 0) is 4.74 Å². The molecule has 0 fully saturated rings. The van der Waals surface area contributed by atoms with Gasteiger partial charge in [-0.1, -0.05) is 41.5 Å². The van der Waals surface area contributed by atoms with Gasteiger partial charge in [-0.2, -0.15) is 0 Å². The molecule has 0 aliphatic rings. The summed E-state index contributed by atoms with van der Waals surface area (Å²) in [4.78, 5) is 0. The SMILES string of the molecule is C/C=C(/CCC(C)(C)C)O/C=C(\N)C(C)(C)C. The quantitative estimate of drug-likeness (QED) is 0.729. The standard InChI is InChI=1S/C15H29NO/c1-8-12(9-10-14(2,3)4)17-11-13(16)15(5,6)7/h8,11H,9-10,16H2,1-7H3/b12-8-,13-11-. The Morgan fingerprint density at radius 2 is 1.65 bits per heavy atom. The molecule has 2 nitrogen and oxygen atoms in total. The van der Waals surface area contributed by atoms with Crippen LogP contribution in [-0.4, -0.2) is 0 Å². The van der Waals surface area contributed by atoms with Crippen molar-refractivity contribution in [3.05, 3.63) is 23.8 Å². The second kappa shape index (κ2) is 6.13. The first-order valence-electron chi connectivity index (χ1n) is 6.34. The highest BCUT2D eigenvalue weighted by molar-refractivity contribution is 5.05. The zero-order valence-corrected chi connectivity index (χ0v) is 12.6. The fourth-order valence-corrected chi connectivity index (χ4v) is 1.09. The maximum absolute atomic E-state index is 5.94. The zero-order chi connectivity index (χ0) is 13.7. The predicted octanol–water partition coefficient (Wildman–Crippen LogP) is 4.58. The van der Waals surface area contributed by atoms with Crippen LogP contribution in [0.1, 0.15) is 61.3 Å². The van der Waals surface area contributed by atoms with E-state index in [9.17, 15) is 0 Å². The Morgan fingerprint density at radius 3 is 2.00 bits per heavy atom. The fourth-order valence-electron chi connectivity index (χ4n) is 1.09. The minimum Gasteiger partial charge on any atom is -0.468 e. The van der Waals surface area contributed by atoms with Crippen LogP contribution < -0.4 is 5.73 Å². The van der Waals surface area contributed by atoms with Crippen molar-refractivity contribution in [3.8, 4) is 0 Å². The minimum atomic E-state index is -0.0388. The molecule has 0 aliphatic carbocycles. The van der Waals surface area contributed by atoms with Crippen LogP contribution in [0.2, 0.25) is 0 Å². The van der Waals surface area contributed by atoms with Crippen LogP contribution in [0.5, 0.6) is 0 Å². The lowest BCUT2D eigenvalue weighted by molar-refractivity contribution is 0.285. The summed E-state index contributed by atoms with van der Waals surface area (Å²) in [6.07, 6.45) is 5.75. The lowest BCUT2D eigenvalue weighted by Gasteiger charge is -2.20. The molecule has 0 aromatic heterocycles. The van der Waals surface area contributed by atoms with Crippen LogP contribution in [0.25, 0.3) is 0 Å². The van der Waals surface area contributed by atoms with Crippen molar-refractivity contribution in [2.45, 2.75) is 61.3 Å². The van der Waals surface area contributed by atoms with Gasteiger partial charge in [-0.15, -0.1) is 0 Å². The maximum atomic E-state index is 5.94. The van der Waals surface area contributed by atoms with Crippen molar-refractivity contribution >= 4 is 0 Å². The van der Waals surface area contributed by atoms with Gasteiger partial charge in [0.25, 0.3) is 0 Å². The number of allylic oxidation sites excluding steroid dienone is 3. The van der Waals surface area contributed by atoms with E-state index in [0.29, 0.717) is 5.41 Å². The molecule has 0 radical (unpaired) electrons. The summed E-state index contributed by atoms with van der Waals surface area (Å²) in [6.45, 7) is 14.9. The third kappa shape index (κ3) is 7.89. The molecule has 0 heterocycles. The predicted molar refractivity (Wildman–Crippen MR) is 75.3 cm³/mol. The van der Waals surface area contributed by atoms with Crippen LogP contribution in [0.15, 0.2) is 23.8 Å². The molecule has 17 heavy (non-hydrogen) atoms. The molecule has 0 aromatic carbocycles. The number of hydrogen-bond donors (Lipinski definition) is 1. The van der Waals surface area contributed by atoms with Gasteiger partial charge < -0.3 is 10.5 Å². The minimum absolute atomic E-state index is 0.0388. The molecule has 0 spiro atoms. The normalized spacial score (nSPS) is 15.0. The largest absolute Gasteiger partial charge is 0.468 e. The lowest BCUT2D eigenvalue weighted by atomic mass is 9.90. The molecule has 0 saturated carbocycles. The van der Waals surface area contributed by atoms with Crippen molar-refractivity contribution in [2.75, 3.05) is 0 Å². The number of rotatable bonds is 4. The third-order valence-electron chi connectivity index (χ3n) is 2.65. The van der Waals surface area contributed by atoms with Gasteiger partial charge in [0, 0.05) is 17.5 Å². The van der Waals surface area contributed by atoms with E-state index in [1.807, 2.05) is 13.0 Å². The van der Waals surface area contributed by atoms with Gasteiger partial charge in [-0.25, -0.2) is 0 Å². The Bertz CT molecular complexity index is 287. The Balaban J connectivity index is 4.36. The van der Waals surface area contributed by atoms with Crippen LogP contribution >= 0.6 is 0 Å². The van der Waals surface area contributed by atoms with E-state index >= 15 is 0 Å². The van der Waals surface area contributed by atoms with Crippen LogP contribution in [0.4, 0.5) is 0 Å². The van der Waals surface area contributed by atoms with Gasteiger partial charge in [-0.05, 0) is 24.8 Å². The molecule has 2 heteroatoms. The average molecular weight is 239 g/mol. The highest BCUT2D eigenvalue weighted by atomic mass is 16.5. The molecular formula is C15H29NO. The van der Waals surface area contributed by atoms with E-state index in [1.165, 1.54) is 0 Å². The first-order valence-corrected chi connectivity index (χ1v) is 6.34. The van der Waals surface area contributed by atoms with Crippen molar-refractivity contribution < 1.29 is 4.74 Å². The number of ether oxygens (including phenoxy) is 1. The Labute approximate surface area is 107 Å². The second-order valence-electron chi connectivity index (χ2n) is 6.76. The topological polar surface area (TPSA) is 35.2 Å². The van der Waals surface area contributed by atoms with Crippen LogP contribution in [0.3, 0.4) is 0 Å². The van der Waals surface area contributed by atoms with Gasteiger partial charge >= 0.3 is 0 Å². The average Bonchev–Trinajstić information content (AvgIpc) is 2.14. The molecule has 0 amide bonds. The summed E-state index contributed by atoms with van der Waals surface area (Å²) < 4.78 is 5.65. The molecule has 2 N–H and O–H groups in total. The van der Waals surface area contributed by atoms with E-state index in [0.717, 1.165) is 24.3 Å². The zero-order valence-electron chi connectivity index (χ0n) is 12.6. The summed E-state index contributed by atoms with van der Waals surface area (Å²) in [5, 5.41) is 0. The smallest absolute Gasteiger partial charge is 0.110 e. The summed E-state index contributed by atoms with van der Waals surface area (Å²) in [5.41, 5.74) is 7.01. The monoisotopic (exact) mass is 239 g/mol. The number of hydrogen-bond acceptors (Lipinski definition) is 2. The molecular weight excluding hydrogens is 210 g/mol. The van der Waals surface area contributed by atoms with E-state index in [2.05, 4.69) is 41.5 Å². The van der Waals surface area contributed by atoms with Gasteiger partial charge in [0.2, 0.25) is 0 Å². The fraction of sp³-hybridized carbons (Fsp3) is 0.733. The highest BCUT2D eigenvalue weighted by Crippen LogP contribution is 2.25. The first-order chi connectivity index (χ1) is 7.56. The molecule has 0 unspecified atom stereocenters. The molecule has 0 bridgehead atoms. The van der Waals surface area contributed by atoms with E-state index in [1.54, 1.807) is 6.26 Å². The Morgan fingerprint density at radius 1 is 1.12 bits per heavy atom. The Hall–Kier alpha value is -0.920. The van der Waals surface area contributed by atoms with E-state index < -0.39 is 0 Å².